The van der Waals surface area contributed by atoms with E-state index >= 15 is 0 Å². The van der Waals surface area contributed by atoms with E-state index in [0.29, 0.717) is 31.2 Å². The number of H-pyrrole nitrogens is 1. The summed E-state index contributed by atoms with van der Waals surface area (Å²) in [5, 5.41) is 15.5. The van der Waals surface area contributed by atoms with E-state index in [4.69, 9.17) is 4.52 Å². The molecule has 1 aromatic carbocycles. The summed E-state index contributed by atoms with van der Waals surface area (Å²) in [6.07, 6.45) is 5.62. The van der Waals surface area contributed by atoms with Crippen molar-refractivity contribution in [2.75, 3.05) is 6.54 Å². The number of hydrogen-bond donors (Lipinski definition) is 2. The van der Waals surface area contributed by atoms with E-state index in [9.17, 15) is 5.11 Å². The molecule has 0 bridgehead atoms. The van der Waals surface area contributed by atoms with E-state index < -0.39 is 6.10 Å². The molecule has 0 aliphatic carbocycles. The third-order valence-electron chi connectivity index (χ3n) is 5.08. The number of aromatic nitrogens is 4. The Bertz CT molecular complexity index is 1060. The minimum absolute atomic E-state index is 0.105. The van der Waals surface area contributed by atoms with Crippen molar-refractivity contribution in [2.24, 2.45) is 0 Å². The van der Waals surface area contributed by atoms with Crippen molar-refractivity contribution in [1.29, 1.82) is 0 Å². The lowest BCUT2D eigenvalue weighted by molar-refractivity contribution is 0.169. The second kappa shape index (κ2) is 6.61. The van der Waals surface area contributed by atoms with Gasteiger partial charge in [-0.1, -0.05) is 23.4 Å². The van der Waals surface area contributed by atoms with Crippen LogP contribution in [0.1, 0.15) is 23.9 Å². The first kappa shape index (κ1) is 16.2. The van der Waals surface area contributed by atoms with Gasteiger partial charge in [0.15, 0.2) is 0 Å². The molecule has 1 aliphatic heterocycles. The second-order valence-electron chi connectivity index (χ2n) is 6.89. The number of aliphatic hydroxyl groups is 1. The van der Waals surface area contributed by atoms with Gasteiger partial charge in [-0.2, -0.15) is 4.98 Å². The van der Waals surface area contributed by atoms with Crippen molar-refractivity contribution in [1.82, 2.24) is 25.0 Å². The molecule has 27 heavy (non-hydrogen) atoms. The number of benzene rings is 1. The van der Waals surface area contributed by atoms with Crippen LogP contribution in [0.15, 0.2) is 59.5 Å². The summed E-state index contributed by atoms with van der Waals surface area (Å²) >= 11 is 0. The van der Waals surface area contributed by atoms with Crippen LogP contribution in [-0.2, 0) is 6.54 Å². The van der Waals surface area contributed by atoms with Gasteiger partial charge >= 0.3 is 0 Å². The number of pyridine rings is 1. The van der Waals surface area contributed by atoms with Gasteiger partial charge in [0, 0.05) is 48.1 Å². The van der Waals surface area contributed by atoms with Crippen LogP contribution in [0.25, 0.3) is 22.3 Å². The molecule has 7 nitrogen and oxygen atoms in total. The highest BCUT2D eigenvalue weighted by atomic mass is 16.5. The Kier molecular flexibility index (Phi) is 3.95. The van der Waals surface area contributed by atoms with Gasteiger partial charge in [0.25, 0.3) is 0 Å². The number of nitrogens with one attached hydrogen (secondary N) is 1. The van der Waals surface area contributed by atoms with Gasteiger partial charge in [0.1, 0.15) is 0 Å². The normalized spacial score (nSPS) is 20.5. The number of β-amino-alcohol motifs (C(OH)–C–C–N with tert-alkyl or cyclic N) is 1. The van der Waals surface area contributed by atoms with Crippen molar-refractivity contribution in [3.05, 3.63) is 66.4 Å². The van der Waals surface area contributed by atoms with Crippen LogP contribution < -0.4 is 0 Å². The molecular weight excluding hydrogens is 342 g/mol. The summed E-state index contributed by atoms with van der Waals surface area (Å²) in [6, 6.07) is 11.9. The van der Waals surface area contributed by atoms with Crippen molar-refractivity contribution in [2.45, 2.75) is 25.1 Å². The van der Waals surface area contributed by atoms with Crippen LogP contribution in [0.4, 0.5) is 0 Å². The molecule has 2 unspecified atom stereocenters. The fourth-order valence-electron chi connectivity index (χ4n) is 3.78. The molecule has 0 spiro atoms. The van der Waals surface area contributed by atoms with Gasteiger partial charge in [0.05, 0.1) is 12.1 Å². The fourth-order valence-corrected chi connectivity index (χ4v) is 3.78. The van der Waals surface area contributed by atoms with Crippen molar-refractivity contribution in [3.63, 3.8) is 0 Å². The lowest BCUT2D eigenvalue weighted by atomic mass is 10.1. The summed E-state index contributed by atoms with van der Waals surface area (Å²) < 4.78 is 5.54. The Balaban J connectivity index is 1.42. The molecule has 1 aliphatic rings. The first-order valence-electron chi connectivity index (χ1n) is 8.99. The van der Waals surface area contributed by atoms with E-state index in [1.807, 2.05) is 30.5 Å². The zero-order valence-electron chi connectivity index (χ0n) is 14.6. The predicted octanol–water partition coefficient (Wildman–Crippen LogP) is 2.92. The third kappa shape index (κ3) is 3.01. The van der Waals surface area contributed by atoms with Crippen LogP contribution >= 0.6 is 0 Å². The average molecular weight is 361 g/mol. The van der Waals surface area contributed by atoms with Crippen LogP contribution in [0.3, 0.4) is 0 Å². The first-order valence-corrected chi connectivity index (χ1v) is 8.99. The summed E-state index contributed by atoms with van der Waals surface area (Å²) in [6.45, 7) is 1.28. The highest BCUT2D eigenvalue weighted by molar-refractivity contribution is 5.82. The summed E-state index contributed by atoms with van der Waals surface area (Å²) in [5.74, 6) is 1.05. The molecule has 2 N–H and O–H groups in total. The Morgan fingerprint density at radius 2 is 2.15 bits per heavy atom. The smallest absolute Gasteiger partial charge is 0.244 e. The van der Waals surface area contributed by atoms with E-state index in [1.54, 1.807) is 12.4 Å². The zero-order chi connectivity index (χ0) is 18.2. The average Bonchev–Trinajstić information content (AvgIpc) is 3.42. The van der Waals surface area contributed by atoms with Crippen molar-refractivity contribution >= 4 is 10.9 Å². The molecule has 2 atom stereocenters. The monoisotopic (exact) mass is 361 g/mol. The van der Waals surface area contributed by atoms with Gasteiger partial charge in [-0.25, -0.2) is 0 Å². The number of rotatable bonds is 4. The Hall–Kier alpha value is -3.03. The molecule has 4 aromatic rings. The molecule has 3 aromatic heterocycles. The van der Waals surface area contributed by atoms with Crippen LogP contribution in [0.2, 0.25) is 0 Å². The number of hydrogen-bond acceptors (Lipinski definition) is 6. The lowest BCUT2D eigenvalue weighted by Crippen LogP contribution is -2.24. The van der Waals surface area contributed by atoms with E-state index in [-0.39, 0.29) is 6.04 Å². The fraction of sp³-hybridized carbons (Fsp3) is 0.250. The van der Waals surface area contributed by atoms with Gasteiger partial charge in [-0.05, 0) is 30.2 Å². The van der Waals surface area contributed by atoms with Gasteiger partial charge < -0.3 is 14.6 Å². The quantitative estimate of drug-likeness (QED) is 0.581. The number of aromatic amines is 1. The standard InChI is InChI=1S/C20H19N5O2/c26-15-8-18(20-23-19(24-27-20)13-4-3-7-21-9-13)25(12-15)11-14-10-22-17-6-2-1-5-16(14)17/h1-7,9-10,15,18,22,26H,8,11-12H2. The van der Waals surface area contributed by atoms with Crippen LogP contribution in [0.5, 0.6) is 0 Å². The van der Waals surface area contributed by atoms with Gasteiger partial charge in [-0.3, -0.25) is 9.88 Å². The molecule has 1 saturated heterocycles. The Morgan fingerprint density at radius 3 is 3.04 bits per heavy atom. The van der Waals surface area contributed by atoms with E-state index in [1.165, 1.54) is 10.9 Å². The molecule has 136 valence electrons. The summed E-state index contributed by atoms with van der Waals surface area (Å²) in [5.41, 5.74) is 3.12. The highest BCUT2D eigenvalue weighted by Gasteiger charge is 2.36. The molecule has 4 heterocycles. The van der Waals surface area contributed by atoms with E-state index in [0.717, 1.165) is 11.1 Å². The summed E-state index contributed by atoms with van der Waals surface area (Å²) in [7, 11) is 0. The van der Waals surface area contributed by atoms with Crippen LogP contribution in [0, 0.1) is 0 Å². The second-order valence-corrected chi connectivity index (χ2v) is 6.89. The minimum atomic E-state index is -0.408. The molecule has 0 saturated carbocycles. The Morgan fingerprint density at radius 1 is 1.22 bits per heavy atom. The third-order valence-corrected chi connectivity index (χ3v) is 5.08. The number of likely N-dealkylation sites (tertiary alicyclic amines) is 1. The first-order chi connectivity index (χ1) is 13.3. The maximum atomic E-state index is 10.2. The number of aliphatic hydroxyl groups excluding tert-OH is 1. The lowest BCUT2D eigenvalue weighted by Gasteiger charge is -2.20. The maximum absolute atomic E-state index is 10.2. The van der Waals surface area contributed by atoms with Crippen molar-refractivity contribution in [3.8, 4) is 11.4 Å². The Labute approximate surface area is 155 Å². The van der Waals surface area contributed by atoms with Gasteiger partial charge in [0.2, 0.25) is 11.7 Å². The number of fused-ring (bicyclic) bond motifs is 1. The number of nitrogens with zero attached hydrogens (tertiary/aromatic N) is 4. The molecule has 7 heteroatoms. The SMILES string of the molecule is OC1CC(c2nc(-c3cccnc3)no2)N(Cc2c[nH]c3ccccc23)C1. The summed E-state index contributed by atoms with van der Waals surface area (Å²) in [4.78, 5) is 14.2. The molecular formula is C20H19N5O2. The predicted molar refractivity (Wildman–Crippen MR) is 99.6 cm³/mol. The maximum Gasteiger partial charge on any atom is 0.244 e. The molecule has 1 fully saturated rings. The molecule has 0 radical (unpaired) electrons. The number of para-hydroxylation sites is 1. The topological polar surface area (TPSA) is 91.1 Å². The highest BCUT2D eigenvalue weighted by Crippen LogP contribution is 2.34. The van der Waals surface area contributed by atoms with E-state index in [2.05, 4.69) is 37.1 Å². The van der Waals surface area contributed by atoms with Gasteiger partial charge in [-0.15, -0.1) is 0 Å². The molecule has 5 rings (SSSR count). The van der Waals surface area contributed by atoms with Crippen LogP contribution in [-0.4, -0.2) is 42.8 Å². The van der Waals surface area contributed by atoms with Crippen molar-refractivity contribution < 1.29 is 9.63 Å². The molecule has 0 amide bonds. The zero-order valence-corrected chi connectivity index (χ0v) is 14.6. The largest absolute Gasteiger partial charge is 0.392 e. The minimum Gasteiger partial charge on any atom is -0.392 e.